The van der Waals surface area contributed by atoms with E-state index in [1.165, 1.54) is 0 Å². The fourth-order valence-corrected chi connectivity index (χ4v) is 1.97. The van der Waals surface area contributed by atoms with Gasteiger partial charge in [-0.3, -0.25) is 4.79 Å². The number of H-pyrrole nitrogens is 1. The van der Waals surface area contributed by atoms with Crippen LogP contribution in [0.1, 0.15) is 24.6 Å². The van der Waals surface area contributed by atoms with E-state index in [2.05, 4.69) is 9.97 Å². The molecule has 1 aliphatic carbocycles. The maximum Gasteiger partial charge on any atom is 0.260 e. The van der Waals surface area contributed by atoms with E-state index in [1.54, 1.807) is 6.07 Å². The number of hydrogen-bond acceptors (Lipinski definition) is 2. The van der Waals surface area contributed by atoms with Gasteiger partial charge >= 0.3 is 0 Å². The van der Waals surface area contributed by atoms with Gasteiger partial charge in [0.25, 0.3) is 5.56 Å². The van der Waals surface area contributed by atoms with E-state index in [0.717, 1.165) is 18.7 Å². The molecule has 3 nitrogen and oxygen atoms in total. The Morgan fingerprint density at radius 2 is 2.20 bits per heavy atom. The lowest BCUT2D eigenvalue weighted by Crippen LogP contribution is -2.11. The molecule has 1 aliphatic rings. The summed E-state index contributed by atoms with van der Waals surface area (Å²) in [5.41, 5.74) is 0.556. The molecule has 0 atom stereocenters. The quantitative estimate of drug-likeness (QED) is 0.803. The topological polar surface area (TPSA) is 45.8 Å². The number of rotatable bonds is 1. The lowest BCUT2D eigenvalue weighted by molar-refractivity contribution is 0.931. The number of aromatic amines is 1. The number of hydrogen-bond donors (Lipinski definition) is 1. The molecule has 0 unspecified atom stereocenters. The van der Waals surface area contributed by atoms with E-state index >= 15 is 0 Å². The molecular formula is C11H9ClN2O. The number of halogens is 1. The summed E-state index contributed by atoms with van der Waals surface area (Å²) in [7, 11) is 0. The van der Waals surface area contributed by atoms with Gasteiger partial charge in [0.2, 0.25) is 0 Å². The van der Waals surface area contributed by atoms with Gasteiger partial charge in [-0.05, 0) is 25.0 Å². The fourth-order valence-electron chi connectivity index (χ4n) is 1.72. The van der Waals surface area contributed by atoms with Gasteiger partial charge in [-0.2, -0.15) is 0 Å². The third-order valence-corrected chi connectivity index (χ3v) is 2.98. The molecule has 1 heterocycles. The summed E-state index contributed by atoms with van der Waals surface area (Å²) < 4.78 is 0. The van der Waals surface area contributed by atoms with Gasteiger partial charge in [-0.25, -0.2) is 4.98 Å². The molecule has 0 amide bonds. The van der Waals surface area contributed by atoms with Crippen LogP contribution in [0.5, 0.6) is 0 Å². The second kappa shape index (κ2) is 3.07. The minimum atomic E-state index is -0.132. The van der Waals surface area contributed by atoms with Gasteiger partial charge < -0.3 is 4.98 Å². The molecule has 0 aliphatic heterocycles. The van der Waals surface area contributed by atoms with Crippen LogP contribution in [0.3, 0.4) is 0 Å². The van der Waals surface area contributed by atoms with Crippen LogP contribution in [-0.2, 0) is 0 Å². The smallest absolute Gasteiger partial charge is 0.260 e. The summed E-state index contributed by atoms with van der Waals surface area (Å²) in [5, 5.41) is 0.951. The molecule has 1 N–H and O–H groups in total. The third-order valence-electron chi connectivity index (χ3n) is 2.67. The molecule has 1 saturated carbocycles. The van der Waals surface area contributed by atoms with Gasteiger partial charge in [0, 0.05) is 5.92 Å². The number of fused-ring (bicyclic) bond motifs is 1. The molecule has 3 rings (SSSR count). The Hall–Kier alpha value is -1.35. The van der Waals surface area contributed by atoms with E-state index in [-0.39, 0.29) is 5.56 Å². The van der Waals surface area contributed by atoms with Crippen LogP contribution in [0.4, 0.5) is 0 Å². The minimum Gasteiger partial charge on any atom is -0.310 e. The Labute approximate surface area is 91.1 Å². The summed E-state index contributed by atoms with van der Waals surface area (Å²) in [6.45, 7) is 0. The Balaban J connectivity index is 2.36. The maximum absolute atomic E-state index is 11.8. The first kappa shape index (κ1) is 8.92. The summed E-state index contributed by atoms with van der Waals surface area (Å²) in [6, 6.07) is 5.34. The number of nitrogens with zero attached hydrogens (tertiary/aromatic N) is 1. The average Bonchev–Trinajstić information content (AvgIpc) is 3.00. The Kier molecular flexibility index (Phi) is 1.83. The molecule has 1 aromatic heterocycles. The zero-order valence-electron chi connectivity index (χ0n) is 7.96. The van der Waals surface area contributed by atoms with Crippen molar-refractivity contribution in [1.82, 2.24) is 9.97 Å². The highest BCUT2D eigenvalue weighted by atomic mass is 35.5. The fraction of sp³-hybridized carbons (Fsp3) is 0.273. The zero-order chi connectivity index (χ0) is 10.4. The van der Waals surface area contributed by atoms with Crippen molar-refractivity contribution < 1.29 is 0 Å². The van der Waals surface area contributed by atoms with Gasteiger partial charge in [0.1, 0.15) is 5.82 Å². The van der Waals surface area contributed by atoms with E-state index in [4.69, 9.17) is 11.6 Å². The first-order valence-electron chi connectivity index (χ1n) is 4.94. The first-order chi connectivity index (χ1) is 7.25. The standard InChI is InChI=1S/C11H9ClN2O/c12-7-2-1-3-8-9(7)11(15)14-10(13-8)6-4-5-6/h1-3,6H,4-5H2,(H,13,14,15). The Morgan fingerprint density at radius 3 is 2.93 bits per heavy atom. The van der Waals surface area contributed by atoms with Crippen molar-refractivity contribution in [3.8, 4) is 0 Å². The van der Waals surface area contributed by atoms with Crippen molar-refractivity contribution in [1.29, 1.82) is 0 Å². The molecular weight excluding hydrogens is 212 g/mol. The van der Waals surface area contributed by atoms with Crippen LogP contribution >= 0.6 is 11.6 Å². The van der Waals surface area contributed by atoms with E-state index in [1.807, 2.05) is 12.1 Å². The van der Waals surface area contributed by atoms with Crippen LogP contribution in [-0.4, -0.2) is 9.97 Å². The number of benzene rings is 1. The van der Waals surface area contributed by atoms with E-state index < -0.39 is 0 Å². The third kappa shape index (κ3) is 1.43. The first-order valence-corrected chi connectivity index (χ1v) is 5.32. The average molecular weight is 221 g/mol. The summed E-state index contributed by atoms with van der Waals surface area (Å²) in [4.78, 5) is 19.0. The predicted octanol–water partition coefficient (Wildman–Crippen LogP) is 2.45. The number of nitrogens with one attached hydrogen (secondary N) is 1. The second-order valence-corrected chi connectivity index (χ2v) is 4.27. The minimum absolute atomic E-state index is 0.132. The van der Waals surface area contributed by atoms with Gasteiger partial charge in [-0.1, -0.05) is 17.7 Å². The Bertz CT molecular complexity index is 587. The van der Waals surface area contributed by atoms with Crippen molar-refractivity contribution in [3.63, 3.8) is 0 Å². The van der Waals surface area contributed by atoms with Gasteiger partial charge in [0.05, 0.1) is 15.9 Å². The summed E-state index contributed by atoms with van der Waals surface area (Å²) >= 11 is 5.95. The molecule has 15 heavy (non-hydrogen) atoms. The zero-order valence-corrected chi connectivity index (χ0v) is 8.71. The molecule has 0 saturated heterocycles. The highest BCUT2D eigenvalue weighted by Crippen LogP contribution is 2.37. The number of aromatic nitrogens is 2. The molecule has 1 fully saturated rings. The van der Waals surface area contributed by atoms with Crippen LogP contribution in [0, 0.1) is 0 Å². The highest BCUT2D eigenvalue weighted by molar-refractivity contribution is 6.35. The van der Waals surface area contributed by atoms with Crippen molar-refractivity contribution in [2.75, 3.05) is 0 Å². The van der Waals surface area contributed by atoms with Crippen LogP contribution in [0.15, 0.2) is 23.0 Å². The molecule has 0 radical (unpaired) electrons. The van der Waals surface area contributed by atoms with Crippen molar-refractivity contribution in [3.05, 3.63) is 39.4 Å². The van der Waals surface area contributed by atoms with Crippen LogP contribution in [0.25, 0.3) is 10.9 Å². The highest BCUT2D eigenvalue weighted by Gasteiger charge is 2.26. The molecule has 2 aromatic rings. The molecule has 76 valence electrons. The maximum atomic E-state index is 11.8. The molecule has 0 bridgehead atoms. The summed E-state index contributed by atoms with van der Waals surface area (Å²) in [6.07, 6.45) is 2.24. The van der Waals surface area contributed by atoms with Gasteiger partial charge in [0.15, 0.2) is 0 Å². The SMILES string of the molecule is O=c1[nH]c(C2CC2)nc2cccc(Cl)c12. The van der Waals surface area contributed by atoms with E-state index in [9.17, 15) is 4.79 Å². The lowest BCUT2D eigenvalue weighted by atomic mass is 10.2. The van der Waals surface area contributed by atoms with Crippen LogP contribution < -0.4 is 5.56 Å². The predicted molar refractivity (Wildman–Crippen MR) is 59.3 cm³/mol. The molecule has 1 aromatic carbocycles. The van der Waals surface area contributed by atoms with Crippen LogP contribution in [0.2, 0.25) is 5.02 Å². The second-order valence-electron chi connectivity index (χ2n) is 3.86. The van der Waals surface area contributed by atoms with Crippen molar-refractivity contribution >= 4 is 22.5 Å². The Morgan fingerprint density at radius 1 is 1.40 bits per heavy atom. The largest absolute Gasteiger partial charge is 0.310 e. The lowest BCUT2D eigenvalue weighted by Gasteiger charge is -2.01. The van der Waals surface area contributed by atoms with Crippen molar-refractivity contribution in [2.45, 2.75) is 18.8 Å². The molecule has 0 spiro atoms. The molecule has 4 heteroatoms. The van der Waals surface area contributed by atoms with Gasteiger partial charge in [-0.15, -0.1) is 0 Å². The van der Waals surface area contributed by atoms with E-state index in [0.29, 0.717) is 21.8 Å². The monoisotopic (exact) mass is 220 g/mol. The van der Waals surface area contributed by atoms with Crippen molar-refractivity contribution in [2.24, 2.45) is 0 Å². The summed E-state index contributed by atoms with van der Waals surface area (Å²) in [5.74, 6) is 1.25. The normalized spacial score (nSPS) is 15.8.